The van der Waals surface area contributed by atoms with Gasteiger partial charge in [-0.2, -0.15) is 0 Å². The van der Waals surface area contributed by atoms with Crippen molar-refractivity contribution in [3.8, 4) is 0 Å². The molecule has 0 rings (SSSR count). The van der Waals surface area contributed by atoms with Crippen LogP contribution in [-0.2, 0) is 25.8 Å². The monoisotopic (exact) mass is 143 g/mol. The van der Waals surface area contributed by atoms with Crippen LogP contribution in [0.25, 0.3) is 0 Å². The maximum atomic E-state index is 4.64. The van der Waals surface area contributed by atoms with Crippen molar-refractivity contribution >= 4 is 58.0 Å². The minimum atomic E-state index is 0. The van der Waals surface area contributed by atoms with Crippen LogP contribution in [0.5, 0.6) is 0 Å². The Morgan fingerprint density at radius 1 is 1.40 bits per heavy atom. The molecule has 0 aliphatic heterocycles. The second-order valence-electron chi connectivity index (χ2n) is 0. The summed E-state index contributed by atoms with van der Waals surface area (Å²) in [6.07, 6.45) is 0. The van der Waals surface area contributed by atoms with Crippen LogP contribution in [0.4, 0.5) is 0 Å². The van der Waals surface area contributed by atoms with E-state index in [9.17, 15) is 0 Å². The molecule has 5 heteroatoms. The van der Waals surface area contributed by atoms with Crippen molar-refractivity contribution in [1.29, 1.82) is 0 Å². The van der Waals surface area contributed by atoms with Gasteiger partial charge in [-0.1, -0.05) is 0 Å². The maximum absolute atomic E-state index is 4.64. The zero-order valence-electron chi connectivity index (χ0n) is 4.86. The van der Waals surface area contributed by atoms with E-state index in [0.717, 1.165) is 10.1 Å². The molecule has 0 aliphatic rings. The SMILES string of the molecule is [AlH3].[B][SiH3].[H-].[H-].[Mg+2].[Sc]. The summed E-state index contributed by atoms with van der Waals surface area (Å²) in [5, 5.41) is 0. The molecular weight excluding hydrogens is 135 g/mol. The van der Waals surface area contributed by atoms with Crippen LogP contribution < -0.4 is 0 Å². The Bertz CT molecular complexity index is 17.7. The van der Waals surface area contributed by atoms with Gasteiger partial charge in [-0.15, -0.1) is 0 Å². The third-order valence-electron chi connectivity index (χ3n) is 0. The minimum absolute atomic E-state index is 0. The van der Waals surface area contributed by atoms with E-state index >= 15 is 0 Å². The summed E-state index contributed by atoms with van der Waals surface area (Å²) in [6, 6.07) is 0. The third-order valence-corrected chi connectivity index (χ3v) is 0. The molecule has 0 bridgehead atoms. The first kappa shape index (κ1) is 26.0. The van der Waals surface area contributed by atoms with E-state index in [2.05, 4.69) is 7.44 Å². The normalized spacial score (nSPS) is 1.60. The van der Waals surface area contributed by atoms with Gasteiger partial charge in [0.15, 0.2) is 17.4 Å². The van der Waals surface area contributed by atoms with Crippen LogP contribution in [0.3, 0.4) is 0 Å². The Labute approximate surface area is 85.7 Å². The van der Waals surface area contributed by atoms with Crippen molar-refractivity contribution in [1.82, 2.24) is 0 Å². The molecule has 0 amide bonds. The van der Waals surface area contributed by atoms with Crippen molar-refractivity contribution in [2.45, 2.75) is 0 Å². The van der Waals surface area contributed by atoms with Crippen LogP contribution in [-0.4, -0.2) is 58.0 Å². The van der Waals surface area contributed by atoms with Crippen LogP contribution in [0.15, 0.2) is 0 Å². The van der Waals surface area contributed by atoms with E-state index in [1.807, 2.05) is 0 Å². The average Bonchev–Trinajstić information content (AvgIpc) is 1.00. The first-order chi connectivity index (χ1) is 1.00. The Hall–Kier alpha value is 2.45. The molecule has 0 atom stereocenters. The fourth-order valence-electron chi connectivity index (χ4n) is 0. The summed E-state index contributed by atoms with van der Waals surface area (Å²) < 4.78 is 0. The van der Waals surface area contributed by atoms with Crippen LogP contribution in [0.1, 0.15) is 2.85 Å². The van der Waals surface area contributed by atoms with Gasteiger partial charge in [0.2, 0.25) is 0 Å². The fraction of sp³-hybridized carbons (Fsp3) is 0. The number of hydrogen-bond donors (Lipinski definition) is 0. The van der Waals surface area contributed by atoms with Crippen molar-refractivity contribution < 1.29 is 28.7 Å². The van der Waals surface area contributed by atoms with Gasteiger partial charge in [0, 0.05) is 33.3 Å². The summed E-state index contributed by atoms with van der Waals surface area (Å²) in [7, 11) is 5.44. The van der Waals surface area contributed by atoms with E-state index in [1.165, 1.54) is 0 Å². The standard InChI is InChI=1S/Al.BH3Si.Mg.Sc.5H/c;1-2;;;;;;;/h;2H3;;;;;;;/q;;+2;;;;;2*-1. The van der Waals surface area contributed by atoms with Gasteiger partial charge >= 0.3 is 23.1 Å². The molecule has 0 aromatic heterocycles. The summed E-state index contributed by atoms with van der Waals surface area (Å²) in [6.45, 7) is 0. The van der Waals surface area contributed by atoms with Gasteiger partial charge in [0.05, 0.1) is 0 Å². The van der Waals surface area contributed by atoms with Crippen molar-refractivity contribution in [3.63, 3.8) is 0 Å². The summed E-state index contributed by atoms with van der Waals surface area (Å²) in [4.78, 5) is 0. The molecule has 5 heavy (non-hydrogen) atoms. The molecule has 0 N–H and O–H groups in total. The molecule has 0 fully saturated rings. The zero-order valence-corrected chi connectivity index (χ0v) is 8.08. The Morgan fingerprint density at radius 2 is 1.40 bits per heavy atom. The first-order valence-corrected chi connectivity index (χ1v) is 1.73. The largest absolute Gasteiger partial charge is 2.00 e. The zero-order chi connectivity index (χ0) is 2.00. The van der Waals surface area contributed by atoms with Crippen LogP contribution in [0.2, 0.25) is 0 Å². The van der Waals surface area contributed by atoms with E-state index in [0.29, 0.717) is 0 Å². The summed E-state index contributed by atoms with van der Waals surface area (Å²) in [5.74, 6) is 0. The molecule has 0 heterocycles. The summed E-state index contributed by atoms with van der Waals surface area (Å²) in [5.41, 5.74) is 0. The molecule has 0 aromatic carbocycles. The first-order valence-electron chi connectivity index (χ1n) is 0.577. The predicted molar refractivity (Wildman–Crippen MR) is 33.6 cm³/mol. The van der Waals surface area contributed by atoms with Gasteiger partial charge in [-0.25, -0.2) is 0 Å². The quantitative estimate of drug-likeness (QED) is 0.319. The minimum Gasteiger partial charge on any atom is -1.00 e. The topological polar surface area (TPSA) is 0 Å². The van der Waals surface area contributed by atoms with Crippen LogP contribution >= 0.6 is 0 Å². The second kappa shape index (κ2) is 31.9. The molecule has 23 valence electrons. The molecule has 0 aromatic rings. The Balaban J connectivity index is -0.000000000500. The van der Waals surface area contributed by atoms with Gasteiger partial charge in [0.25, 0.3) is 0 Å². The predicted octanol–water partition coefficient (Wildman–Crippen LogP) is -2.91. The third kappa shape index (κ3) is 21.3. The van der Waals surface area contributed by atoms with E-state index in [-0.39, 0.29) is 69.1 Å². The molecule has 0 nitrogen and oxygen atoms in total. The smallest absolute Gasteiger partial charge is 1.00 e. The van der Waals surface area contributed by atoms with Crippen molar-refractivity contribution in [2.24, 2.45) is 0 Å². The van der Waals surface area contributed by atoms with Gasteiger partial charge in [0.1, 0.15) is 0 Å². The number of rotatable bonds is 0. The molecule has 0 saturated carbocycles. The van der Waals surface area contributed by atoms with Crippen LogP contribution in [0, 0.1) is 0 Å². The molecular formula is H8AlBMgScSi. The molecule has 3 radical (unpaired) electrons. The van der Waals surface area contributed by atoms with E-state index in [4.69, 9.17) is 0 Å². The second-order valence-corrected chi connectivity index (χ2v) is 0. The molecule has 0 unspecified atom stereocenters. The molecule has 0 aliphatic carbocycles. The van der Waals surface area contributed by atoms with E-state index in [1.54, 1.807) is 0 Å². The fourth-order valence-corrected chi connectivity index (χ4v) is 0. The Kier molecular flexibility index (Phi) is 166. The Morgan fingerprint density at radius 3 is 1.40 bits per heavy atom. The van der Waals surface area contributed by atoms with Crippen molar-refractivity contribution in [2.75, 3.05) is 0 Å². The molecule has 0 saturated heterocycles. The molecule has 0 spiro atoms. The number of hydrogen-bond acceptors (Lipinski definition) is 0. The van der Waals surface area contributed by atoms with Crippen molar-refractivity contribution in [3.05, 3.63) is 0 Å². The van der Waals surface area contributed by atoms with E-state index < -0.39 is 0 Å². The summed E-state index contributed by atoms with van der Waals surface area (Å²) >= 11 is 0. The maximum Gasteiger partial charge on any atom is 2.00 e. The average molecular weight is 143 g/mol. The van der Waals surface area contributed by atoms with Gasteiger partial charge < -0.3 is 2.85 Å². The van der Waals surface area contributed by atoms with Gasteiger partial charge in [-0.05, 0) is 10.1 Å². The van der Waals surface area contributed by atoms with Gasteiger partial charge in [-0.3, -0.25) is 0 Å².